The molecule has 1 atom stereocenters. The molecule has 0 radical (unpaired) electrons. The first kappa shape index (κ1) is 11.0. The van der Waals surface area contributed by atoms with Crippen molar-refractivity contribution in [3.05, 3.63) is 28.0 Å². The second-order valence-corrected chi connectivity index (χ2v) is 4.67. The van der Waals surface area contributed by atoms with Crippen LogP contribution in [-0.4, -0.2) is 25.3 Å². The van der Waals surface area contributed by atoms with E-state index in [0.717, 1.165) is 23.3 Å². The Kier molecular flexibility index (Phi) is 3.09. The van der Waals surface area contributed by atoms with E-state index in [-0.39, 0.29) is 5.60 Å². The quantitative estimate of drug-likeness (QED) is 0.775. The maximum atomic E-state index is 5.59. The van der Waals surface area contributed by atoms with Crippen LogP contribution in [0.25, 0.3) is 0 Å². The molecule has 1 fully saturated rings. The van der Waals surface area contributed by atoms with Gasteiger partial charge in [0, 0.05) is 20.1 Å². The minimum Gasteiger partial charge on any atom is -0.378 e. The molecule has 0 spiro atoms. The Morgan fingerprint density at radius 3 is 2.87 bits per heavy atom. The Morgan fingerprint density at radius 2 is 2.33 bits per heavy atom. The van der Waals surface area contributed by atoms with Gasteiger partial charge in [0.25, 0.3) is 0 Å². The molecule has 0 unspecified atom stereocenters. The van der Waals surface area contributed by atoms with Crippen LogP contribution in [0.3, 0.4) is 0 Å². The van der Waals surface area contributed by atoms with Crippen LogP contribution < -0.4 is 0 Å². The number of ether oxygens (including phenoxy) is 2. The minimum absolute atomic E-state index is 0.353. The maximum Gasteiger partial charge on any atom is 0.135 e. The standard InChI is InChI=1S/C11H14BrNO2/c1-8-5-9(13-10(12)6-8)11(14-2)3-4-15-7-11/h5-6H,3-4,7H2,1-2H3/t11-/m1/s1. The average Bonchev–Trinajstić information content (AvgIpc) is 2.65. The number of pyridine rings is 1. The van der Waals surface area contributed by atoms with Crippen LogP contribution in [0.15, 0.2) is 16.7 Å². The fourth-order valence-corrected chi connectivity index (χ4v) is 2.42. The Balaban J connectivity index is 2.42. The number of nitrogens with zero attached hydrogens (tertiary/aromatic N) is 1. The van der Waals surface area contributed by atoms with E-state index >= 15 is 0 Å². The monoisotopic (exact) mass is 271 g/mol. The Morgan fingerprint density at radius 1 is 1.53 bits per heavy atom. The largest absolute Gasteiger partial charge is 0.378 e. The third-order valence-corrected chi connectivity index (χ3v) is 3.19. The fourth-order valence-electron chi connectivity index (χ4n) is 1.87. The fraction of sp³-hybridized carbons (Fsp3) is 0.545. The van der Waals surface area contributed by atoms with Crippen LogP contribution in [0.4, 0.5) is 0 Å². The van der Waals surface area contributed by atoms with Gasteiger partial charge in [0.15, 0.2) is 0 Å². The Bertz CT molecular complexity index is 341. The van der Waals surface area contributed by atoms with Crippen LogP contribution in [0.5, 0.6) is 0 Å². The topological polar surface area (TPSA) is 31.4 Å². The van der Waals surface area contributed by atoms with Gasteiger partial charge in [-0.2, -0.15) is 0 Å². The molecular formula is C11H14BrNO2. The van der Waals surface area contributed by atoms with Crippen LogP contribution in [0, 0.1) is 6.92 Å². The highest BCUT2D eigenvalue weighted by atomic mass is 79.9. The minimum atomic E-state index is -0.353. The Labute approximate surface area is 97.9 Å². The highest BCUT2D eigenvalue weighted by Crippen LogP contribution is 2.33. The molecule has 82 valence electrons. The molecule has 2 heterocycles. The van der Waals surface area contributed by atoms with E-state index in [4.69, 9.17) is 9.47 Å². The molecule has 0 bridgehead atoms. The maximum absolute atomic E-state index is 5.59. The zero-order chi connectivity index (χ0) is 10.9. The second-order valence-electron chi connectivity index (χ2n) is 3.85. The third kappa shape index (κ3) is 2.07. The molecule has 0 aliphatic carbocycles. The summed E-state index contributed by atoms with van der Waals surface area (Å²) in [5.41, 5.74) is 1.78. The van der Waals surface area contributed by atoms with Crippen LogP contribution in [0.2, 0.25) is 0 Å². The van der Waals surface area contributed by atoms with E-state index in [0.29, 0.717) is 6.61 Å². The van der Waals surface area contributed by atoms with Crippen molar-refractivity contribution in [3.63, 3.8) is 0 Å². The number of methoxy groups -OCH3 is 1. The van der Waals surface area contributed by atoms with E-state index in [2.05, 4.69) is 33.9 Å². The molecule has 4 heteroatoms. The molecule has 0 amide bonds. The first-order valence-corrected chi connectivity index (χ1v) is 5.73. The van der Waals surface area contributed by atoms with Crippen molar-refractivity contribution >= 4 is 15.9 Å². The summed E-state index contributed by atoms with van der Waals surface area (Å²) in [6.07, 6.45) is 0.867. The lowest BCUT2D eigenvalue weighted by Gasteiger charge is -2.25. The number of aromatic nitrogens is 1. The normalized spacial score (nSPS) is 25.8. The molecule has 1 aliphatic rings. The van der Waals surface area contributed by atoms with Gasteiger partial charge in [-0.3, -0.25) is 0 Å². The first-order chi connectivity index (χ1) is 7.16. The zero-order valence-corrected chi connectivity index (χ0v) is 10.5. The van der Waals surface area contributed by atoms with Gasteiger partial charge < -0.3 is 9.47 Å². The summed E-state index contributed by atoms with van der Waals surface area (Å²) in [6.45, 7) is 3.38. The summed E-state index contributed by atoms with van der Waals surface area (Å²) >= 11 is 3.41. The zero-order valence-electron chi connectivity index (χ0n) is 8.92. The molecule has 1 saturated heterocycles. The van der Waals surface area contributed by atoms with Gasteiger partial charge in [-0.15, -0.1) is 0 Å². The van der Waals surface area contributed by atoms with Crippen molar-refractivity contribution in [2.24, 2.45) is 0 Å². The predicted octanol–water partition coefficient (Wildman–Crippen LogP) is 2.41. The van der Waals surface area contributed by atoms with Crippen LogP contribution in [-0.2, 0) is 15.1 Å². The van der Waals surface area contributed by atoms with E-state index in [1.165, 1.54) is 5.56 Å². The number of aryl methyl sites for hydroxylation is 1. The van der Waals surface area contributed by atoms with Gasteiger partial charge in [-0.1, -0.05) is 0 Å². The molecule has 0 saturated carbocycles. The van der Waals surface area contributed by atoms with Crippen LogP contribution in [0.1, 0.15) is 17.7 Å². The lowest BCUT2D eigenvalue weighted by molar-refractivity contribution is -0.0247. The van der Waals surface area contributed by atoms with Crippen LogP contribution >= 0.6 is 15.9 Å². The number of hydrogen-bond acceptors (Lipinski definition) is 3. The Hall–Kier alpha value is -0.450. The molecule has 3 nitrogen and oxygen atoms in total. The first-order valence-electron chi connectivity index (χ1n) is 4.94. The SMILES string of the molecule is CO[C@]1(c2cc(C)cc(Br)n2)CCOC1. The summed E-state index contributed by atoms with van der Waals surface area (Å²) in [4.78, 5) is 4.47. The summed E-state index contributed by atoms with van der Waals surface area (Å²) in [5.74, 6) is 0. The number of halogens is 1. The summed E-state index contributed by atoms with van der Waals surface area (Å²) < 4.78 is 11.8. The highest BCUT2D eigenvalue weighted by Gasteiger charge is 2.38. The van der Waals surface area contributed by atoms with Gasteiger partial charge in [0.1, 0.15) is 10.2 Å². The average molecular weight is 272 g/mol. The summed E-state index contributed by atoms with van der Waals surface area (Å²) in [6, 6.07) is 4.05. The van der Waals surface area contributed by atoms with E-state index in [9.17, 15) is 0 Å². The van der Waals surface area contributed by atoms with Gasteiger partial charge >= 0.3 is 0 Å². The summed E-state index contributed by atoms with van der Waals surface area (Å²) in [7, 11) is 1.71. The molecule has 1 aromatic heterocycles. The lowest BCUT2D eigenvalue weighted by atomic mass is 9.97. The van der Waals surface area contributed by atoms with E-state index < -0.39 is 0 Å². The van der Waals surface area contributed by atoms with Crippen molar-refractivity contribution in [1.29, 1.82) is 0 Å². The molecule has 0 aromatic carbocycles. The lowest BCUT2D eigenvalue weighted by Crippen LogP contribution is -2.30. The molecule has 1 aromatic rings. The summed E-state index contributed by atoms with van der Waals surface area (Å²) in [5, 5.41) is 0. The third-order valence-electron chi connectivity index (χ3n) is 2.78. The second kappa shape index (κ2) is 4.20. The molecule has 2 rings (SSSR count). The molecule has 0 N–H and O–H groups in total. The van der Waals surface area contributed by atoms with Crippen molar-refractivity contribution < 1.29 is 9.47 Å². The van der Waals surface area contributed by atoms with Gasteiger partial charge in [0.2, 0.25) is 0 Å². The van der Waals surface area contributed by atoms with Crippen molar-refractivity contribution in [2.45, 2.75) is 18.9 Å². The van der Waals surface area contributed by atoms with Gasteiger partial charge in [0.05, 0.1) is 12.3 Å². The highest BCUT2D eigenvalue weighted by molar-refractivity contribution is 9.10. The van der Waals surface area contributed by atoms with Crippen molar-refractivity contribution in [3.8, 4) is 0 Å². The van der Waals surface area contributed by atoms with Gasteiger partial charge in [-0.25, -0.2) is 4.98 Å². The van der Waals surface area contributed by atoms with E-state index in [1.807, 2.05) is 6.07 Å². The molecular weight excluding hydrogens is 258 g/mol. The smallest absolute Gasteiger partial charge is 0.135 e. The van der Waals surface area contributed by atoms with E-state index in [1.54, 1.807) is 7.11 Å². The molecule has 15 heavy (non-hydrogen) atoms. The van der Waals surface area contributed by atoms with Crippen molar-refractivity contribution in [1.82, 2.24) is 4.98 Å². The number of rotatable bonds is 2. The van der Waals surface area contributed by atoms with Crippen molar-refractivity contribution in [2.75, 3.05) is 20.3 Å². The number of hydrogen-bond donors (Lipinski definition) is 0. The predicted molar refractivity (Wildman–Crippen MR) is 60.8 cm³/mol. The molecule has 1 aliphatic heterocycles. The van der Waals surface area contributed by atoms with Gasteiger partial charge in [-0.05, 0) is 40.5 Å².